The van der Waals surface area contributed by atoms with E-state index in [9.17, 15) is 14.9 Å². The molecule has 6 heteroatoms. The SMILES string of the molecule is CCOc1cc([N+](=O)[O-])c(Cl)cc1C(C)=O. The highest BCUT2D eigenvalue weighted by atomic mass is 35.5. The number of ketones is 1. The molecule has 0 N–H and O–H groups in total. The largest absolute Gasteiger partial charge is 0.493 e. The highest BCUT2D eigenvalue weighted by Crippen LogP contribution is 2.32. The molecule has 1 aromatic carbocycles. The Morgan fingerprint density at radius 1 is 1.56 bits per heavy atom. The van der Waals surface area contributed by atoms with E-state index in [1.807, 2.05) is 0 Å². The molecule has 0 aliphatic heterocycles. The Hall–Kier alpha value is -1.62. The van der Waals surface area contributed by atoms with Gasteiger partial charge in [-0.15, -0.1) is 0 Å². The molecule has 0 saturated heterocycles. The molecule has 0 bridgehead atoms. The summed E-state index contributed by atoms with van der Waals surface area (Å²) >= 11 is 5.69. The number of nitro benzene ring substituents is 1. The molecule has 0 aliphatic carbocycles. The summed E-state index contributed by atoms with van der Waals surface area (Å²) in [5, 5.41) is 10.6. The molecule has 0 saturated carbocycles. The average molecular weight is 244 g/mol. The number of rotatable bonds is 4. The molecular weight excluding hydrogens is 234 g/mol. The minimum atomic E-state index is -0.616. The lowest BCUT2D eigenvalue weighted by atomic mass is 10.1. The van der Waals surface area contributed by atoms with Crippen LogP contribution in [0, 0.1) is 10.1 Å². The van der Waals surface area contributed by atoms with Gasteiger partial charge in [0.25, 0.3) is 5.69 Å². The van der Waals surface area contributed by atoms with Gasteiger partial charge >= 0.3 is 0 Å². The van der Waals surface area contributed by atoms with Gasteiger partial charge < -0.3 is 4.74 Å². The van der Waals surface area contributed by atoms with Gasteiger partial charge in [0.05, 0.1) is 23.2 Å². The van der Waals surface area contributed by atoms with Crippen molar-refractivity contribution < 1.29 is 14.5 Å². The van der Waals surface area contributed by atoms with Crippen molar-refractivity contribution in [2.75, 3.05) is 6.61 Å². The Morgan fingerprint density at radius 3 is 2.62 bits per heavy atom. The Morgan fingerprint density at radius 2 is 2.19 bits per heavy atom. The molecule has 0 aromatic heterocycles. The van der Waals surface area contributed by atoms with E-state index in [-0.39, 0.29) is 27.8 Å². The third kappa shape index (κ3) is 2.49. The summed E-state index contributed by atoms with van der Waals surface area (Å²) in [4.78, 5) is 21.3. The van der Waals surface area contributed by atoms with E-state index in [1.54, 1.807) is 6.92 Å². The molecule has 1 aromatic rings. The van der Waals surface area contributed by atoms with Crippen molar-refractivity contribution in [2.45, 2.75) is 13.8 Å². The van der Waals surface area contributed by atoms with Crippen molar-refractivity contribution in [1.29, 1.82) is 0 Å². The van der Waals surface area contributed by atoms with Crippen LogP contribution >= 0.6 is 11.6 Å². The van der Waals surface area contributed by atoms with Gasteiger partial charge in [-0.3, -0.25) is 14.9 Å². The molecule has 16 heavy (non-hydrogen) atoms. The van der Waals surface area contributed by atoms with Crippen molar-refractivity contribution >= 4 is 23.1 Å². The van der Waals surface area contributed by atoms with Crippen LogP contribution < -0.4 is 4.74 Å². The number of hydrogen-bond donors (Lipinski definition) is 0. The molecule has 5 nitrogen and oxygen atoms in total. The number of carbonyl (C=O) groups is 1. The lowest BCUT2D eigenvalue weighted by Gasteiger charge is -2.08. The Kier molecular flexibility index (Phi) is 3.84. The van der Waals surface area contributed by atoms with Crippen LogP contribution in [0.2, 0.25) is 5.02 Å². The lowest BCUT2D eigenvalue weighted by molar-refractivity contribution is -0.384. The number of halogens is 1. The van der Waals surface area contributed by atoms with E-state index >= 15 is 0 Å². The standard InChI is InChI=1S/C10H10ClNO4/c1-3-16-10-5-9(12(14)15)8(11)4-7(10)6(2)13/h4-5H,3H2,1-2H3. The highest BCUT2D eigenvalue weighted by molar-refractivity contribution is 6.33. The van der Waals surface area contributed by atoms with Gasteiger partial charge in [0.15, 0.2) is 5.78 Å². The van der Waals surface area contributed by atoms with E-state index in [4.69, 9.17) is 16.3 Å². The fraction of sp³-hybridized carbons (Fsp3) is 0.300. The van der Waals surface area contributed by atoms with Crippen LogP contribution in [-0.4, -0.2) is 17.3 Å². The summed E-state index contributed by atoms with van der Waals surface area (Å²) in [6, 6.07) is 2.43. The molecule has 0 heterocycles. The zero-order valence-corrected chi connectivity index (χ0v) is 9.58. The zero-order chi connectivity index (χ0) is 12.3. The number of hydrogen-bond acceptors (Lipinski definition) is 4. The maximum Gasteiger partial charge on any atom is 0.291 e. The van der Waals surface area contributed by atoms with E-state index in [1.165, 1.54) is 19.1 Å². The summed E-state index contributed by atoms with van der Waals surface area (Å²) in [7, 11) is 0. The number of ether oxygens (including phenoxy) is 1. The van der Waals surface area contributed by atoms with Crippen LogP contribution in [-0.2, 0) is 0 Å². The predicted molar refractivity (Wildman–Crippen MR) is 59.3 cm³/mol. The first kappa shape index (κ1) is 12.4. The van der Waals surface area contributed by atoms with Gasteiger partial charge in [-0.2, -0.15) is 0 Å². The van der Waals surface area contributed by atoms with Crippen LogP contribution in [0.15, 0.2) is 12.1 Å². The summed E-state index contributed by atoms with van der Waals surface area (Å²) in [5.74, 6) is -0.0636. The minimum absolute atomic E-state index is 0.0707. The van der Waals surface area contributed by atoms with E-state index in [0.29, 0.717) is 6.61 Å². The van der Waals surface area contributed by atoms with E-state index < -0.39 is 4.92 Å². The van der Waals surface area contributed by atoms with Crippen molar-refractivity contribution in [3.05, 3.63) is 32.8 Å². The van der Waals surface area contributed by atoms with Crippen LogP contribution in [0.4, 0.5) is 5.69 Å². The Bertz CT molecular complexity index is 445. The van der Waals surface area contributed by atoms with Crippen molar-refractivity contribution in [1.82, 2.24) is 0 Å². The van der Waals surface area contributed by atoms with Gasteiger partial charge in [0, 0.05) is 0 Å². The maximum absolute atomic E-state index is 11.3. The van der Waals surface area contributed by atoms with Crippen LogP contribution in [0.3, 0.4) is 0 Å². The molecule has 0 atom stereocenters. The van der Waals surface area contributed by atoms with Gasteiger partial charge in [-0.05, 0) is 19.9 Å². The molecule has 0 unspecified atom stereocenters. The number of nitrogens with zero attached hydrogens (tertiary/aromatic N) is 1. The van der Waals surface area contributed by atoms with Gasteiger partial charge in [-0.1, -0.05) is 11.6 Å². The minimum Gasteiger partial charge on any atom is -0.493 e. The van der Waals surface area contributed by atoms with Gasteiger partial charge in [-0.25, -0.2) is 0 Å². The van der Waals surface area contributed by atoms with Crippen molar-refractivity contribution in [2.24, 2.45) is 0 Å². The molecule has 0 fully saturated rings. The van der Waals surface area contributed by atoms with Crippen LogP contribution in [0.1, 0.15) is 24.2 Å². The summed E-state index contributed by atoms with van der Waals surface area (Å²) < 4.78 is 5.16. The lowest BCUT2D eigenvalue weighted by Crippen LogP contribution is -2.02. The first-order valence-electron chi connectivity index (χ1n) is 4.59. The summed E-state index contributed by atoms with van der Waals surface area (Å²) in [5.41, 5.74) is -0.0208. The first-order valence-corrected chi connectivity index (χ1v) is 4.96. The van der Waals surface area contributed by atoms with Gasteiger partial charge in [0.1, 0.15) is 10.8 Å². The first-order chi connectivity index (χ1) is 7.47. The smallest absolute Gasteiger partial charge is 0.291 e. The molecule has 1 rings (SSSR count). The third-order valence-electron chi connectivity index (χ3n) is 1.92. The Balaban J connectivity index is 3.36. The van der Waals surface area contributed by atoms with Gasteiger partial charge in [0.2, 0.25) is 0 Å². The van der Waals surface area contributed by atoms with Crippen molar-refractivity contribution in [3.63, 3.8) is 0 Å². The number of Topliss-reactive ketones (excluding diaryl/α,β-unsaturated/α-hetero) is 1. The Labute approximate surface area is 97.1 Å². The third-order valence-corrected chi connectivity index (χ3v) is 2.23. The highest BCUT2D eigenvalue weighted by Gasteiger charge is 2.19. The summed E-state index contributed by atoms with van der Waals surface area (Å²) in [6.45, 7) is 3.39. The maximum atomic E-state index is 11.3. The quantitative estimate of drug-likeness (QED) is 0.463. The monoisotopic (exact) mass is 243 g/mol. The number of carbonyl (C=O) groups excluding carboxylic acids is 1. The normalized spacial score (nSPS) is 9.94. The molecule has 0 spiro atoms. The topological polar surface area (TPSA) is 69.4 Å². The molecule has 0 radical (unpaired) electrons. The number of nitro groups is 1. The van der Waals surface area contributed by atoms with E-state index in [0.717, 1.165) is 0 Å². The number of benzene rings is 1. The molecule has 0 aliphatic rings. The van der Waals surface area contributed by atoms with Crippen LogP contribution in [0.25, 0.3) is 0 Å². The molecular formula is C10H10ClNO4. The average Bonchev–Trinajstić information content (AvgIpc) is 2.19. The van der Waals surface area contributed by atoms with Crippen molar-refractivity contribution in [3.8, 4) is 5.75 Å². The molecule has 86 valence electrons. The molecule has 0 amide bonds. The fourth-order valence-corrected chi connectivity index (χ4v) is 1.47. The van der Waals surface area contributed by atoms with Crippen LogP contribution in [0.5, 0.6) is 5.75 Å². The zero-order valence-electron chi connectivity index (χ0n) is 8.82. The summed E-state index contributed by atoms with van der Waals surface area (Å²) in [6.07, 6.45) is 0. The second kappa shape index (κ2) is 4.94. The second-order valence-corrected chi connectivity index (χ2v) is 3.45. The fourth-order valence-electron chi connectivity index (χ4n) is 1.23. The van der Waals surface area contributed by atoms with E-state index in [2.05, 4.69) is 0 Å². The predicted octanol–water partition coefficient (Wildman–Crippen LogP) is 2.85. The second-order valence-electron chi connectivity index (χ2n) is 3.05.